The topological polar surface area (TPSA) is 392 Å². The Balaban J connectivity index is 1.39. The fourth-order valence-electron chi connectivity index (χ4n) is 12.2. The van der Waals surface area contributed by atoms with Gasteiger partial charge in [0.1, 0.15) is 21.6 Å². The first-order valence-electron chi connectivity index (χ1n) is 27.9. The molecule has 1 fully saturated rings. The summed E-state index contributed by atoms with van der Waals surface area (Å²) in [5.74, 6) is -3.67. The van der Waals surface area contributed by atoms with Gasteiger partial charge in [0.2, 0.25) is 5.69 Å². The van der Waals surface area contributed by atoms with Crippen molar-refractivity contribution in [3.05, 3.63) is 124 Å². The van der Waals surface area contributed by atoms with Gasteiger partial charge in [-0.1, -0.05) is 19.1 Å². The number of hydroxylamine groups is 2. The monoisotopic (exact) mass is 1340 g/mol. The van der Waals surface area contributed by atoms with Crippen LogP contribution >= 0.6 is 0 Å². The second-order valence-corrected chi connectivity index (χ2v) is 29.5. The number of fused-ring (bicyclic) bond motifs is 6. The van der Waals surface area contributed by atoms with Crippen molar-refractivity contribution >= 4 is 118 Å². The molecule has 26 nitrogen and oxygen atoms in total. The summed E-state index contributed by atoms with van der Waals surface area (Å²) in [6, 6.07) is 12.3. The third-order valence-electron chi connectivity index (χ3n) is 16.2. The van der Waals surface area contributed by atoms with Gasteiger partial charge < -0.3 is 29.1 Å². The average Bonchev–Trinajstić information content (AvgIpc) is 1.52. The zero-order valence-electron chi connectivity index (χ0n) is 49.8. The first-order valence-corrected chi connectivity index (χ1v) is 35.3. The second kappa shape index (κ2) is 25.9. The van der Waals surface area contributed by atoms with Gasteiger partial charge in [-0.05, 0) is 146 Å². The standard InChI is InChI=1S/C59H66N4O22S5/c1-8-24-61-45-14-12-41-43(31-39(87(71,72)73)33-47(41)89(77,78)79)55(45)58(4,21-26-83-6)49(61)16-10-37(54-35(2)29-38(30-36(54)3)57(67)60-23-20-53(66)85-63-51(64)18-19-52(63)65)11-17-50-59(5,22-27-84-7)56-44-32-40(88(74,75)76)34-48(90(80,81)82)42(44)13-15-46(56)62(50)25-9-28-86(68,69)70/h10-17,29-34H,8-9,18-28H2,1-7H3,(H5-,60,67,68,69,70,71,72,73,74,75,76,77,78,79,80,81,82). The van der Waals surface area contributed by atoms with E-state index in [0.717, 1.165) is 12.1 Å². The third kappa shape index (κ3) is 14.0. The van der Waals surface area contributed by atoms with Crippen LogP contribution in [0.4, 0.5) is 11.4 Å². The minimum Gasteiger partial charge on any atom is -0.744 e. The van der Waals surface area contributed by atoms with Crippen molar-refractivity contribution in [2.75, 3.05) is 57.7 Å². The zero-order valence-corrected chi connectivity index (χ0v) is 53.9. The molecule has 0 spiro atoms. The second-order valence-electron chi connectivity index (χ2n) is 22.4. The van der Waals surface area contributed by atoms with Crippen molar-refractivity contribution in [2.24, 2.45) is 0 Å². The highest BCUT2D eigenvalue weighted by Crippen LogP contribution is 2.54. The summed E-state index contributed by atoms with van der Waals surface area (Å²) in [5, 5.41) is 2.75. The van der Waals surface area contributed by atoms with Crippen LogP contribution in [0.1, 0.15) is 104 Å². The van der Waals surface area contributed by atoms with Gasteiger partial charge in [-0.2, -0.15) is 38.2 Å². The molecule has 2 unspecified atom stereocenters. The van der Waals surface area contributed by atoms with Crippen molar-refractivity contribution in [2.45, 2.75) is 110 Å². The summed E-state index contributed by atoms with van der Waals surface area (Å²) in [4.78, 5) is 54.0. The molecule has 0 aliphatic carbocycles. The van der Waals surface area contributed by atoms with E-state index in [1.165, 1.54) is 32.4 Å². The van der Waals surface area contributed by atoms with Crippen LogP contribution in [-0.4, -0.2) is 157 Å². The fraction of sp³-hybridized carbons (Fsp3) is 0.373. The highest BCUT2D eigenvalue weighted by atomic mass is 32.2. The molecule has 3 aliphatic rings. The van der Waals surface area contributed by atoms with Crippen LogP contribution in [0, 0.1) is 13.8 Å². The Labute approximate surface area is 520 Å². The fourth-order valence-corrected chi connectivity index (χ4v) is 15.4. The molecule has 90 heavy (non-hydrogen) atoms. The van der Waals surface area contributed by atoms with E-state index in [9.17, 15) is 84.0 Å². The number of nitrogens with one attached hydrogen (secondary N) is 1. The van der Waals surface area contributed by atoms with Crippen LogP contribution in [0.2, 0.25) is 0 Å². The van der Waals surface area contributed by atoms with Crippen LogP contribution in [0.25, 0.3) is 27.1 Å². The Bertz CT molecular complexity index is 4540. The molecule has 8 rings (SSSR count). The molecule has 0 radical (unpaired) electrons. The minimum atomic E-state index is -5.44. The normalized spacial score (nSPS) is 18.9. The number of allylic oxidation sites excluding steroid dienone is 6. The summed E-state index contributed by atoms with van der Waals surface area (Å²) in [5.41, 5.74) is 1.83. The maximum atomic E-state index is 13.9. The highest BCUT2D eigenvalue weighted by molar-refractivity contribution is 7.87. The van der Waals surface area contributed by atoms with Crippen molar-refractivity contribution < 1.29 is 103 Å². The molecule has 0 aromatic heterocycles. The number of carbonyl (C=O) groups is 4. The molecule has 3 heterocycles. The van der Waals surface area contributed by atoms with Crippen LogP contribution < -0.4 is 10.2 Å². The number of benzene rings is 5. The SMILES string of the molecule is CCCN1/C(=C/C=C(/C=C/C2=[N+](CCCS(=O)(=O)O)c3ccc4c(S(=O)(=O)[O-])cc(S(=O)(=O)O)cc4c3C2(C)CCOC)c2c(C)cc(C(=O)NCCC(=O)ON3C(=O)CCC3=O)cc2C)C(C)(CCOC)c2c1ccc1c(S(=O)(=O)O)cc(S(=O)(=O)O)cc21. The summed E-state index contributed by atoms with van der Waals surface area (Å²) >= 11 is 0. The predicted octanol–water partition coefficient (Wildman–Crippen LogP) is 6.40. The van der Waals surface area contributed by atoms with Gasteiger partial charge in [-0.25, -0.2) is 13.2 Å². The van der Waals surface area contributed by atoms with Crippen molar-refractivity contribution in [1.29, 1.82) is 0 Å². The number of nitrogens with zero attached hydrogens (tertiary/aromatic N) is 3. The lowest BCUT2D eigenvalue weighted by Gasteiger charge is -2.30. The summed E-state index contributed by atoms with van der Waals surface area (Å²) in [6.45, 7) is 8.85. The number of carbonyl (C=O) groups excluding carboxylic acids is 4. The van der Waals surface area contributed by atoms with E-state index in [1.54, 1.807) is 67.8 Å². The van der Waals surface area contributed by atoms with Crippen molar-refractivity contribution in [3.63, 3.8) is 0 Å². The predicted molar refractivity (Wildman–Crippen MR) is 327 cm³/mol. The summed E-state index contributed by atoms with van der Waals surface area (Å²) < 4.78 is 195. The molecule has 2 atom stereocenters. The molecule has 484 valence electrons. The Hall–Kier alpha value is -7.14. The Morgan fingerprint density at radius 3 is 1.83 bits per heavy atom. The number of amides is 3. The van der Waals surface area contributed by atoms with E-state index in [0.29, 0.717) is 75.1 Å². The first-order chi connectivity index (χ1) is 41.9. The number of imide groups is 1. The van der Waals surface area contributed by atoms with Crippen LogP contribution in [0.3, 0.4) is 0 Å². The van der Waals surface area contributed by atoms with Gasteiger partial charge in [0.15, 0.2) is 5.71 Å². The highest BCUT2D eigenvalue weighted by Gasteiger charge is 2.50. The molecule has 3 amide bonds. The molecule has 31 heteroatoms. The maximum absolute atomic E-state index is 13.9. The molecule has 1 saturated heterocycles. The Morgan fingerprint density at radius 2 is 1.29 bits per heavy atom. The number of hydrogen-bond donors (Lipinski definition) is 5. The van der Waals surface area contributed by atoms with E-state index in [2.05, 4.69) is 5.32 Å². The van der Waals surface area contributed by atoms with E-state index < -0.39 is 117 Å². The van der Waals surface area contributed by atoms with E-state index in [-0.39, 0.29) is 96.8 Å². The zero-order chi connectivity index (χ0) is 66.4. The van der Waals surface area contributed by atoms with E-state index >= 15 is 0 Å². The van der Waals surface area contributed by atoms with Crippen molar-refractivity contribution in [3.8, 4) is 0 Å². The van der Waals surface area contributed by atoms with Gasteiger partial charge in [-0.15, -0.1) is 5.06 Å². The van der Waals surface area contributed by atoms with Crippen LogP contribution in [0.5, 0.6) is 0 Å². The summed E-state index contributed by atoms with van der Waals surface area (Å²) in [7, 11) is -22.5. The Morgan fingerprint density at radius 1 is 0.733 bits per heavy atom. The lowest BCUT2D eigenvalue weighted by atomic mass is 9.74. The van der Waals surface area contributed by atoms with Crippen LogP contribution in [0.15, 0.2) is 110 Å². The molecule has 5 aromatic rings. The molecule has 0 saturated carbocycles. The first kappa shape index (κ1) is 68.8. The molecular formula is C59H66N4O22S5. The quantitative estimate of drug-likeness (QED) is 0.0182. The number of hydrogen-bond acceptors (Lipinski definition) is 19. The molecular weight excluding hydrogens is 1280 g/mol. The van der Waals surface area contributed by atoms with E-state index in [4.69, 9.17) is 14.3 Å². The largest absolute Gasteiger partial charge is 0.744 e. The van der Waals surface area contributed by atoms with Crippen LogP contribution in [-0.2, 0) is 90.1 Å². The molecule has 3 aliphatic heterocycles. The smallest absolute Gasteiger partial charge is 0.334 e. The lowest BCUT2D eigenvalue weighted by Crippen LogP contribution is -2.34. The maximum Gasteiger partial charge on any atom is 0.334 e. The van der Waals surface area contributed by atoms with Gasteiger partial charge in [-0.3, -0.25) is 32.6 Å². The van der Waals surface area contributed by atoms with Gasteiger partial charge in [0, 0.05) is 111 Å². The third-order valence-corrected chi connectivity index (χ3v) is 20.5. The molecule has 5 aromatic carbocycles. The number of ether oxygens (including phenoxy) is 2. The van der Waals surface area contributed by atoms with Gasteiger partial charge in [0.25, 0.3) is 58.2 Å². The number of rotatable bonds is 25. The summed E-state index contributed by atoms with van der Waals surface area (Å²) in [6.07, 6.45) is 6.76. The van der Waals surface area contributed by atoms with Gasteiger partial charge in [0.05, 0.1) is 32.3 Å². The number of anilines is 1. The number of methoxy groups -OCH3 is 2. The number of aryl methyl sites for hydroxylation is 2. The molecule has 0 bridgehead atoms. The lowest BCUT2D eigenvalue weighted by molar-refractivity contribution is -0.437. The molecule has 5 N–H and O–H groups in total. The van der Waals surface area contributed by atoms with E-state index in [1.807, 2.05) is 18.7 Å². The average molecular weight is 1340 g/mol. The van der Waals surface area contributed by atoms with Gasteiger partial charge >= 0.3 is 5.97 Å². The van der Waals surface area contributed by atoms with Crippen molar-refractivity contribution in [1.82, 2.24) is 10.4 Å². The minimum absolute atomic E-state index is 0.0112. The Kier molecular flexibility index (Phi) is 19.8.